The van der Waals surface area contributed by atoms with Gasteiger partial charge in [-0.15, -0.1) is 0 Å². The lowest BCUT2D eigenvalue weighted by Gasteiger charge is -2.04. The molecule has 5 nitrogen and oxygen atoms in total. The van der Waals surface area contributed by atoms with E-state index >= 15 is 0 Å². The van der Waals surface area contributed by atoms with E-state index in [1.165, 1.54) is 18.3 Å². The molecule has 27 heavy (non-hydrogen) atoms. The molecule has 0 fully saturated rings. The third-order valence-electron chi connectivity index (χ3n) is 4.20. The Morgan fingerprint density at radius 3 is 2.44 bits per heavy atom. The van der Waals surface area contributed by atoms with Crippen LogP contribution in [0.15, 0.2) is 36.4 Å². The summed E-state index contributed by atoms with van der Waals surface area (Å²) in [4.78, 5) is 29.2. The number of hydrogen-bond donors (Lipinski definition) is 1. The largest absolute Gasteiger partial charge is 0.326 e. The molecule has 0 radical (unpaired) electrons. The number of amides is 1. The number of anilines is 1. The first kappa shape index (κ1) is 17.3. The van der Waals surface area contributed by atoms with Gasteiger partial charge < -0.3 is 5.32 Å². The fourth-order valence-electron chi connectivity index (χ4n) is 2.96. The van der Waals surface area contributed by atoms with Crippen molar-refractivity contribution in [2.45, 2.75) is 13.8 Å². The molecule has 8 heteroatoms. The van der Waals surface area contributed by atoms with Crippen LogP contribution in [0.4, 0.5) is 14.5 Å². The first-order valence-corrected chi connectivity index (χ1v) is 8.86. The van der Waals surface area contributed by atoms with E-state index in [-0.39, 0.29) is 11.7 Å². The van der Waals surface area contributed by atoms with Gasteiger partial charge in [0, 0.05) is 36.0 Å². The number of carbonyl (C=O) groups excluding carboxylic acids is 2. The Bertz CT molecular complexity index is 1230. The van der Waals surface area contributed by atoms with Gasteiger partial charge in [0.2, 0.25) is 11.7 Å². The lowest BCUT2D eigenvalue weighted by Crippen LogP contribution is -2.06. The predicted octanol–water partition coefficient (Wildman–Crippen LogP) is 4.33. The van der Waals surface area contributed by atoms with Crippen molar-refractivity contribution in [1.82, 2.24) is 9.38 Å². The molecule has 0 bridgehead atoms. The van der Waals surface area contributed by atoms with Crippen molar-refractivity contribution >= 4 is 44.7 Å². The molecule has 1 N–H and O–H groups in total. The molecule has 4 rings (SSSR count). The van der Waals surface area contributed by atoms with Crippen LogP contribution in [0.5, 0.6) is 0 Å². The van der Waals surface area contributed by atoms with Crippen molar-refractivity contribution in [3.05, 3.63) is 64.2 Å². The van der Waals surface area contributed by atoms with Crippen LogP contribution in [0.25, 0.3) is 16.0 Å². The average Bonchev–Trinajstić information content (AvgIpc) is 3.12. The third-order valence-corrected chi connectivity index (χ3v) is 5.34. The van der Waals surface area contributed by atoms with Crippen LogP contribution in [-0.2, 0) is 4.79 Å². The van der Waals surface area contributed by atoms with Crippen LogP contribution in [0.3, 0.4) is 0 Å². The van der Waals surface area contributed by atoms with Crippen molar-refractivity contribution < 1.29 is 18.4 Å². The van der Waals surface area contributed by atoms with Crippen molar-refractivity contribution in [1.29, 1.82) is 0 Å². The number of nitrogens with zero attached hydrogens (tertiary/aromatic N) is 2. The number of imidazole rings is 1. The number of nitrogens with one attached hydrogen (secondary N) is 1. The highest BCUT2D eigenvalue weighted by molar-refractivity contribution is 7.19. The predicted molar refractivity (Wildman–Crippen MR) is 99.4 cm³/mol. The third kappa shape index (κ3) is 2.87. The number of hydrogen-bond acceptors (Lipinski definition) is 4. The van der Waals surface area contributed by atoms with Gasteiger partial charge in [-0.25, -0.2) is 13.8 Å². The Hall–Kier alpha value is -3.13. The smallest absolute Gasteiger partial charge is 0.221 e. The summed E-state index contributed by atoms with van der Waals surface area (Å²) in [5, 5.41) is 2.64. The van der Waals surface area contributed by atoms with Crippen LogP contribution in [0.1, 0.15) is 27.9 Å². The molecule has 0 aliphatic carbocycles. The molecule has 1 amide bonds. The Labute approximate surface area is 156 Å². The van der Waals surface area contributed by atoms with E-state index in [2.05, 4.69) is 10.3 Å². The van der Waals surface area contributed by atoms with E-state index in [0.717, 1.165) is 12.1 Å². The summed E-state index contributed by atoms with van der Waals surface area (Å²) >= 11 is 1.17. The number of aryl methyl sites for hydroxylation is 1. The summed E-state index contributed by atoms with van der Waals surface area (Å²) < 4.78 is 28.7. The highest BCUT2D eigenvalue weighted by Gasteiger charge is 2.21. The molecule has 0 atom stereocenters. The zero-order chi connectivity index (χ0) is 19.3. The summed E-state index contributed by atoms with van der Waals surface area (Å²) in [5.41, 5.74) is 2.41. The standard InChI is InChI=1S/C19H13F2N3O2S/c1-9-18(17(26)11-3-5-12(6-4-11)22-10(2)25)27-19-23-15-7-13(20)14(21)8-16(15)24(9)19/h3-8H,1-2H3,(H,22,25). The van der Waals surface area contributed by atoms with Gasteiger partial charge >= 0.3 is 0 Å². The SMILES string of the molecule is CC(=O)Nc1ccc(C(=O)c2sc3nc4cc(F)c(F)cc4n3c2C)cc1. The lowest BCUT2D eigenvalue weighted by atomic mass is 10.1. The van der Waals surface area contributed by atoms with E-state index in [4.69, 9.17) is 0 Å². The second-order valence-electron chi connectivity index (χ2n) is 6.09. The second-order valence-corrected chi connectivity index (χ2v) is 7.07. The summed E-state index contributed by atoms with van der Waals surface area (Å²) in [7, 11) is 0. The summed E-state index contributed by atoms with van der Waals surface area (Å²) in [5.74, 6) is -2.31. The molecule has 0 saturated heterocycles. The molecular weight excluding hydrogens is 372 g/mol. The molecule has 0 aliphatic heterocycles. The van der Waals surface area contributed by atoms with Gasteiger partial charge in [-0.1, -0.05) is 11.3 Å². The van der Waals surface area contributed by atoms with Crippen LogP contribution in [0.2, 0.25) is 0 Å². The van der Waals surface area contributed by atoms with E-state index in [0.29, 0.717) is 37.8 Å². The second kappa shape index (κ2) is 6.24. The minimum absolute atomic E-state index is 0.194. The van der Waals surface area contributed by atoms with Crippen LogP contribution < -0.4 is 5.32 Å². The monoisotopic (exact) mass is 385 g/mol. The lowest BCUT2D eigenvalue weighted by molar-refractivity contribution is -0.114. The Balaban J connectivity index is 1.77. The van der Waals surface area contributed by atoms with Crippen molar-refractivity contribution in [2.75, 3.05) is 5.32 Å². The van der Waals surface area contributed by atoms with Gasteiger partial charge in [0.1, 0.15) is 0 Å². The average molecular weight is 385 g/mol. The van der Waals surface area contributed by atoms with E-state index in [9.17, 15) is 18.4 Å². The van der Waals surface area contributed by atoms with Crippen LogP contribution in [-0.4, -0.2) is 21.1 Å². The molecule has 0 unspecified atom stereocenters. The number of benzene rings is 2. The molecule has 0 aliphatic rings. The Kier molecular flexibility index (Phi) is 4.00. The molecule has 0 spiro atoms. The number of ketones is 1. The summed E-state index contributed by atoms with van der Waals surface area (Å²) in [6.07, 6.45) is 0. The minimum Gasteiger partial charge on any atom is -0.326 e. The number of carbonyl (C=O) groups is 2. The molecule has 4 aromatic rings. The Morgan fingerprint density at radius 1 is 1.11 bits per heavy atom. The van der Waals surface area contributed by atoms with E-state index in [1.54, 1.807) is 35.6 Å². The summed E-state index contributed by atoms with van der Waals surface area (Å²) in [6, 6.07) is 8.69. The summed E-state index contributed by atoms with van der Waals surface area (Å²) in [6.45, 7) is 3.15. The fourth-order valence-corrected chi connectivity index (χ4v) is 4.06. The maximum Gasteiger partial charge on any atom is 0.221 e. The molecule has 2 aromatic heterocycles. The first-order valence-electron chi connectivity index (χ1n) is 8.04. The van der Waals surface area contributed by atoms with Crippen LogP contribution in [0, 0.1) is 18.6 Å². The zero-order valence-corrected chi connectivity index (χ0v) is 15.2. The zero-order valence-electron chi connectivity index (χ0n) is 14.3. The maximum absolute atomic E-state index is 13.6. The van der Waals surface area contributed by atoms with Gasteiger partial charge in [0.05, 0.1) is 15.9 Å². The highest BCUT2D eigenvalue weighted by atomic mass is 32.1. The number of rotatable bonds is 3. The number of fused-ring (bicyclic) bond motifs is 3. The molecule has 2 aromatic carbocycles. The minimum atomic E-state index is -0.962. The maximum atomic E-state index is 13.6. The van der Waals surface area contributed by atoms with Gasteiger partial charge in [0.15, 0.2) is 16.6 Å². The van der Waals surface area contributed by atoms with Crippen molar-refractivity contribution in [3.63, 3.8) is 0 Å². The normalized spacial score (nSPS) is 11.3. The van der Waals surface area contributed by atoms with E-state index < -0.39 is 11.6 Å². The number of halogens is 2. The van der Waals surface area contributed by atoms with Crippen molar-refractivity contribution in [2.24, 2.45) is 0 Å². The van der Waals surface area contributed by atoms with Crippen molar-refractivity contribution in [3.8, 4) is 0 Å². The molecule has 2 heterocycles. The van der Waals surface area contributed by atoms with E-state index in [1.807, 2.05) is 0 Å². The fraction of sp³-hybridized carbons (Fsp3) is 0.105. The molecule has 0 saturated carbocycles. The van der Waals surface area contributed by atoms with Gasteiger partial charge in [-0.2, -0.15) is 0 Å². The van der Waals surface area contributed by atoms with Gasteiger partial charge in [-0.05, 0) is 31.2 Å². The first-order chi connectivity index (χ1) is 12.8. The quantitative estimate of drug-likeness (QED) is 0.534. The Morgan fingerprint density at radius 2 is 1.78 bits per heavy atom. The molecule has 136 valence electrons. The highest BCUT2D eigenvalue weighted by Crippen LogP contribution is 2.30. The van der Waals surface area contributed by atoms with Gasteiger partial charge in [0.25, 0.3) is 0 Å². The van der Waals surface area contributed by atoms with Gasteiger partial charge in [-0.3, -0.25) is 14.0 Å². The number of thiazole rings is 1. The topological polar surface area (TPSA) is 63.5 Å². The van der Waals surface area contributed by atoms with Crippen LogP contribution >= 0.6 is 11.3 Å². The number of aromatic nitrogens is 2. The molecular formula is C19H13F2N3O2S.